The Balaban J connectivity index is 1.13. The molecule has 216 valence electrons. The molecule has 9 heteroatoms. The van der Waals surface area contributed by atoms with Crippen LogP contribution >= 0.6 is 0 Å². The van der Waals surface area contributed by atoms with E-state index >= 15 is 4.39 Å². The lowest BCUT2D eigenvalue weighted by Crippen LogP contribution is -2.37. The molecule has 0 bridgehead atoms. The summed E-state index contributed by atoms with van der Waals surface area (Å²) in [4.78, 5) is 17.7. The van der Waals surface area contributed by atoms with E-state index in [0.29, 0.717) is 46.8 Å². The van der Waals surface area contributed by atoms with E-state index in [-0.39, 0.29) is 17.7 Å². The summed E-state index contributed by atoms with van der Waals surface area (Å²) < 4.78 is 26.9. The number of nitrogens with one attached hydrogen (secondary N) is 1. The predicted molar refractivity (Wildman–Crippen MR) is 160 cm³/mol. The molecule has 2 atom stereocenters. The van der Waals surface area contributed by atoms with Gasteiger partial charge in [-0.25, -0.2) is 9.40 Å². The van der Waals surface area contributed by atoms with Gasteiger partial charge >= 0.3 is 0 Å². The van der Waals surface area contributed by atoms with Gasteiger partial charge in [0.2, 0.25) is 5.91 Å². The third-order valence-electron chi connectivity index (χ3n) is 8.06. The summed E-state index contributed by atoms with van der Waals surface area (Å²) in [6.07, 6.45) is 3.82. The van der Waals surface area contributed by atoms with Gasteiger partial charge in [0.05, 0.1) is 29.3 Å². The van der Waals surface area contributed by atoms with Crippen LogP contribution in [0.1, 0.15) is 26.2 Å². The van der Waals surface area contributed by atoms with Crippen molar-refractivity contribution < 1.29 is 23.8 Å². The highest BCUT2D eigenvalue weighted by Gasteiger charge is 2.43. The zero-order valence-electron chi connectivity index (χ0n) is 23.6. The molecular weight excluding hydrogens is 535 g/mol. The fraction of sp³-hybridized carbons (Fsp3) is 0.273. The Bertz CT molecular complexity index is 1640. The number of nitrogens with zero attached hydrogens (tertiary/aromatic N) is 3. The molecule has 2 N–H and O–H groups in total. The first kappa shape index (κ1) is 27.7. The van der Waals surface area contributed by atoms with Gasteiger partial charge in [0.25, 0.3) is 0 Å². The van der Waals surface area contributed by atoms with Crippen LogP contribution in [0.3, 0.4) is 0 Å². The highest BCUT2D eigenvalue weighted by Crippen LogP contribution is 2.39. The number of aromatic nitrogens is 1. The number of hydrogen-bond acceptors (Lipinski definition) is 7. The molecule has 3 aromatic carbocycles. The zero-order valence-corrected chi connectivity index (χ0v) is 23.6. The molecule has 2 fully saturated rings. The van der Waals surface area contributed by atoms with Crippen molar-refractivity contribution in [3.05, 3.63) is 97.1 Å². The van der Waals surface area contributed by atoms with Gasteiger partial charge in [0.15, 0.2) is 11.6 Å². The number of rotatable bonds is 9. The van der Waals surface area contributed by atoms with Crippen LogP contribution in [0.5, 0.6) is 17.2 Å². The molecule has 1 saturated heterocycles. The molecule has 2 heterocycles. The lowest BCUT2D eigenvalue weighted by atomic mass is 9.99. The summed E-state index contributed by atoms with van der Waals surface area (Å²) in [5.74, 6) is -0.307. The van der Waals surface area contributed by atoms with Crippen LogP contribution < -0.4 is 19.8 Å². The standard InChI is InChI=1S/C33H33FN4O4/c1-21-31(22(2)38(37(21)3)24-7-5-4-6-8-24)32(39)36-23-9-12-30(27(34)19-23)42-29-13-17-35-28-20-25(10-11-26(28)29)41-18-16-33(40)14-15-33/h4-13,17,19-21,31,40H,2,14-16,18H2,1,3H3,(H,36,39). The van der Waals surface area contributed by atoms with Crippen LogP contribution in [0.4, 0.5) is 15.8 Å². The number of halogens is 1. The topological polar surface area (TPSA) is 87.2 Å². The molecule has 0 radical (unpaired) electrons. The van der Waals surface area contributed by atoms with Gasteiger partial charge in [-0.3, -0.25) is 14.8 Å². The molecule has 1 aromatic heterocycles. The van der Waals surface area contributed by atoms with Crippen LogP contribution in [0.15, 0.2) is 91.3 Å². The first-order chi connectivity index (χ1) is 20.2. The van der Waals surface area contributed by atoms with Gasteiger partial charge in [-0.1, -0.05) is 24.8 Å². The lowest BCUT2D eigenvalue weighted by molar-refractivity contribution is -0.119. The van der Waals surface area contributed by atoms with Gasteiger partial charge in [0, 0.05) is 54.6 Å². The smallest absolute Gasteiger partial charge is 0.235 e. The van der Waals surface area contributed by atoms with Crippen molar-refractivity contribution in [2.24, 2.45) is 5.92 Å². The highest BCUT2D eigenvalue weighted by atomic mass is 19.1. The van der Waals surface area contributed by atoms with Crippen LogP contribution in [0.2, 0.25) is 0 Å². The lowest BCUT2D eigenvalue weighted by Gasteiger charge is -2.28. The monoisotopic (exact) mass is 568 g/mol. The van der Waals surface area contributed by atoms with Crippen LogP contribution in [-0.4, -0.2) is 46.3 Å². The Hall–Kier alpha value is -4.47. The van der Waals surface area contributed by atoms with E-state index in [1.165, 1.54) is 12.1 Å². The molecule has 1 amide bonds. The number of hydrogen-bond donors (Lipinski definition) is 2. The van der Waals surface area contributed by atoms with Crippen molar-refractivity contribution in [1.82, 2.24) is 9.99 Å². The quantitative estimate of drug-likeness (QED) is 0.246. The van der Waals surface area contributed by atoms with Gasteiger partial charge in [-0.15, -0.1) is 0 Å². The Kier molecular flexibility index (Phi) is 7.30. The normalized spacial score (nSPS) is 19.6. The van der Waals surface area contributed by atoms with E-state index < -0.39 is 17.3 Å². The fourth-order valence-corrected chi connectivity index (χ4v) is 5.33. The van der Waals surface area contributed by atoms with Crippen molar-refractivity contribution in [2.75, 3.05) is 24.0 Å². The number of hydrazine groups is 1. The minimum absolute atomic E-state index is 0.0205. The van der Waals surface area contributed by atoms with Crippen LogP contribution in [0, 0.1) is 11.7 Å². The molecule has 1 aliphatic carbocycles. The van der Waals surface area contributed by atoms with Crippen molar-refractivity contribution in [3.63, 3.8) is 0 Å². The predicted octanol–water partition coefficient (Wildman–Crippen LogP) is 6.28. The fourth-order valence-electron chi connectivity index (χ4n) is 5.33. The van der Waals surface area contributed by atoms with Crippen molar-refractivity contribution in [3.8, 4) is 17.2 Å². The number of amides is 1. The minimum Gasteiger partial charge on any atom is -0.493 e. The van der Waals surface area contributed by atoms with Crippen molar-refractivity contribution in [1.29, 1.82) is 0 Å². The number of anilines is 2. The molecule has 2 aliphatic rings. The van der Waals surface area contributed by atoms with Gasteiger partial charge < -0.3 is 19.9 Å². The van der Waals surface area contributed by atoms with Gasteiger partial charge in [0.1, 0.15) is 11.5 Å². The largest absolute Gasteiger partial charge is 0.493 e. The van der Waals surface area contributed by atoms with E-state index in [4.69, 9.17) is 9.47 Å². The van der Waals surface area contributed by atoms with E-state index in [1.54, 1.807) is 30.5 Å². The second-order valence-electron chi connectivity index (χ2n) is 11.0. The van der Waals surface area contributed by atoms with Gasteiger partial charge in [-0.2, -0.15) is 0 Å². The zero-order chi connectivity index (χ0) is 29.4. The molecule has 42 heavy (non-hydrogen) atoms. The minimum atomic E-state index is -0.614. The second kappa shape index (κ2) is 11.1. The Morgan fingerprint density at radius 1 is 1.12 bits per heavy atom. The second-order valence-corrected chi connectivity index (χ2v) is 11.0. The molecule has 4 aromatic rings. The highest BCUT2D eigenvalue weighted by molar-refractivity contribution is 5.96. The molecule has 1 aliphatic heterocycles. The van der Waals surface area contributed by atoms with E-state index in [2.05, 4.69) is 16.9 Å². The summed E-state index contributed by atoms with van der Waals surface area (Å²) in [6.45, 7) is 6.58. The number of benzene rings is 3. The number of pyridine rings is 1. The summed E-state index contributed by atoms with van der Waals surface area (Å²) in [7, 11) is 1.92. The van der Waals surface area contributed by atoms with E-state index in [0.717, 1.165) is 18.5 Å². The summed E-state index contributed by atoms with van der Waals surface area (Å²) in [6, 6.07) is 21.0. The van der Waals surface area contributed by atoms with Crippen molar-refractivity contribution >= 4 is 28.2 Å². The maximum atomic E-state index is 15.2. The average molecular weight is 569 g/mol. The molecule has 0 spiro atoms. The summed E-state index contributed by atoms with van der Waals surface area (Å²) in [5.41, 5.74) is 1.96. The first-order valence-corrected chi connectivity index (χ1v) is 14.0. The molecule has 8 nitrogen and oxygen atoms in total. The first-order valence-electron chi connectivity index (χ1n) is 14.0. The summed E-state index contributed by atoms with van der Waals surface area (Å²) in [5, 5.41) is 17.5. The van der Waals surface area contributed by atoms with E-state index in [1.807, 2.05) is 60.4 Å². The maximum absolute atomic E-state index is 15.2. The number of carbonyl (C=O) groups excluding carboxylic acids is 1. The average Bonchev–Trinajstić information content (AvgIpc) is 3.66. The molecule has 6 rings (SSSR count). The molecule has 2 unspecified atom stereocenters. The number of fused-ring (bicyclic) bond motifs is 1. The number of para-hydroxylation sites is 1. The Labute approximate surface area is 244 Å². The molecule has 1 saturated carbocycles. The Morgan fingerprint density at radius 3 is 2.64 bits per heavy atom. The summed E-state index contributed by atoms with van der Waals surface area (Å²) >= 11 is 0. The van der Waals surface area contributed by atoms with Gasteiger partial charge in [-0.05, 0) is 62.2 Å². The number of ether oxygens (including phenoxy) is 2. The van der Waals surface area contributed by atoms with Crippen LogP contribution in [0.25, 0.3) is 10.9 Å². The maximum Gasteiger partial charge on any atom is 0.235 e. The number of carbonyl (C=O) groups is 1. The third kappa shape index (κ3) is 5.53. The SMILES string of the molecule is C=C1C(C(=O)Nc2ccc(Oc3ccnc4cc(OCCC5(O)CC5)ccc34)c(F)c2)C(C)N(C)N1c1ccccc1. The van der Waals surface area contributed by atoms with Crippen LogP contribution in [-0.2, 0) is 4.79 Å². The molecular formula is C33H33FN4O4. The van der Waals surface area contributed by atoms with Crippen molar-refractivity contribution in [2.45, 2.75) is 37.8 Å². The third-order valence-corrected chi connectivity index (χ3v) is 8.06. The Morgan fingerprint density at radius 2 is 1.90 bits per heavy atom. The number of aliphatic hydroxyl groups is 1. The van der Waals surface area contributed by atoms with E-state index in [9.17, 15) is 9.90 Å².